The van der Waals surface area contributed by atoms with Crippen LogP contribution in [0, 0.1) is 11.6 Å². The van der Waals surface area contributed by atoms with Gasteiger partial charge in [-0.25, -0.2) is 13.6 Å². The highest BCUT2D eigenvalue weighted by Crippen LogP contribution is 2.50. The van der Waals surface area contributed by atoms with E-state index in [2.05, 4.69) is 11.6 Å². The van der Waals surface area contributed by atoms with Crippen LogP contribution in [0.3, 0.4) is 0 Å². The summed E-state index contributed by atoms with van der Waals surface area (Å²) in [6.07, 6.45) is 1.26. The Hall–Kier alpha value is -3.66. The minimum atomic E-state index is -1.08. The van der Waals surface area contributed by atoms with Crippen molar-refractivity contribution in [2.24, 2.45) is 0 Å². The van der Waals surface area contributed by atoms with Gasteiger partial charge < -0.3 is 14.5 Å². The average Bonchev–Trinajstić information content (AvgIpc) is 2.95. The maximum absolute atomic E-state index is 15.3. The highest BCUT2D eigenvalue weighted by Gasteiger charge is 2.34. The van der Waals surface area contributed by atoms with E-state index in [4.69, 9.17) is 39.5 Å². The van der Waals surface area contributed by atoms with E-state index in [-0.39, 0.29) is 61.7 Å². The molecular formula is C29H21Cl3F2N4O3. The third kappa shape index (κ3) is 4.34. The Morgan fingerprint density at radius 2 is 1.83 bits per heavy atom. The lowest BCUT2D eigenvalue weighted by Gasteiger charge is -2.40. The summed E-state index contributed by atoms with van der Waals surface area (Å²) in [4.78, 5) is 34.1. The topological polar surface area (TPSA) is 67.7 Å². The van der Waals surface area contributed by atoms with Crippen molar-refractivity contribution >= 4 is 57.4 Å². The number of para-hydroxylation sites is 1. The molecule has 0 spiro atoms. The molecule has 4 aromatic rings. The first-order valence-corrected chi connectivity index (χ1v) is 13.8. The van der Waals surface area contributed by atoms with Crippen molar-refractivity contribution in [2.75, 3.05) is 24.5 Å². The van der Waals surface area contributed by atoms with Gasteiger partial charge in [0.05, 0.1) is 20.8 Å². The second-order valence-electron chi connectivity index (χ2n) is 9.80. The Morgan fingerprint density at radius 3 is 2.51 bits per heavy atom. The van der Waals surface area contributed by atoms with Gasteiger partial charge in [0, 0.05) is 47.8 Å². The predicted octanol–water partition coefficient (Wildman–Crippen LogP) is 6.41. The van der Waals surface area contributed by atoms with Gasteiger partial charge in [-0.1, -0.05) is 53.5 Å². The lowest BCUT2D eigenvalue weighted by molar-refractivity contribution is -0.126. The summed E-state index contributed by atoms with van der Waals surface area (Å²) in [6, 6.07) is 8.53. The minimum Gasteiger partial charge on any atom is -0.486 e. The normalized spacial score (nSPS) is 16.3. The van der Waals surface area contributed by atoms with Crippen LogP contribution in [-0.2, 0) is 11.4 Å². The Morgan fingerprint density at radius 1 is 1.10 bits per heavy atom. The van der Waals surface area contributed by atoms with E-state index in [9.17, 15) is 14.0 Å². The molecule has 0 radical (unpaired) electrons. The van der Waals surface area contributed by atoms with Crippen LogP contribution >= 0.6 is 34.8 Å². The third-order valence-corrected chi connectivity index (χ3v) is 8.32. The maximum atomic E-state index is 15.3. The van der Waals surface area contributed by atoms with E-state index < -0.39 is 17.3 Å². The molecule has 2 aliphatic rings. The van der Waals surface area contributed by atoms with Crippen LogP contribution in [0.1, 0.15) is 12.5 Å². The molecule has 0 saturated carbocycles. The number of benzene rings is 3. The van der Waals surface area contributed by atoms with E-state index in [0.717, 1.165) is 6.07 Å². The van der Waals surface area contributed by atoms with Gasteiger partial charge >= 0.3 is 5.69 Å². The number of piperazine rings is 1. The summed E-state index contributed by atoms with van der Waals surface area (Å²) < 4.78 is 37.0. The number of fused-ring (bicyclic) bond motifs is 5. The van der Waals surface area contributed by atoms with E-state index in [1.807, 2.05) is 11.8 Å². The Bertz CT molecular complexity index is 1830. The molecule has 1 fully saturated rings. The van der Waals surface area contributed by atoms with Gasteiger partial charge in [0.2, 0.25) is 5.91 Å². The standard InChI is InChI=1S/C29H21Cl3F2N4O3/c1-3-21(39)36-9-10-37(14(2)12-36)28-16-11-19(32)23-22-15(7-8-20(33)24(22)34)13-41-27(23)25(16)38(29(40)35-28)26-17(30)5-4-6-18(26)31/h3-8,11,14H,1,9-10,12-13H2,2H3/t14-/m0/s1. The van der Waals surface area contributed by atoms with Gasteiger partial charge in [0.1, 0.15) is 17.9 Å². The first kappa shape index (κ1) is 27.5. The second kappa shape index (κ2) is 10.3. The second-order valence-corrected chi connectivity index (χ2v) is 11.0. The molecule has 0 N–H and O–H groups in total. The smallest absolute Gasteiger partial charge is 0.354 e. The number of hydrogen-bond donors (Lipinski definition) is 0. The fourth-order valence-corrected chi connectivity index (χ4v) is 6.40. The summed E-state index contributed by atoms with van der Waals surface area (Å²) in [7, 11) is 0. The van der Waals surface area contributed by atoms with Crippen molar-refractivity contribution < 1.29 is 18.3 Å². The summed E-state index contributed by atoms with van der Waals surface area (Å²) in [5.41, 5.74) is 0.0654. The van der Waals surface area contributed by atoms with Crippen molar-refractivity contribution in [1.82, 2.24) is 14.5 Å². The summed E-state index contributed by atoms with van der Waals surface area (Å²) in [6.45, 7) is 6.44. The molecule has 2 aliphatic heterocycles. The van der Waals surface area contributed by atoms with Crippen LogP contribution in [-0.4, -0.2) is 46.0 Å². The number of amides is 1. The zero-order valence-corrected chi connectivity index (χ0v) is 23.8. The van der Waals surface area contributed by atoms with Crippen LogP contribution in [0.2, 0.25) is 15.1 Å². The number of carbonyl (C=O) groups excluding carboxylic acids is 1. The van der Waals surface area contributed by atoms with Crippen LogP contribution in [0.5, 0.6) is 5.75 Å². The SMILES string of the molecule is C=CC(=O)N1CCN(c2nc(=O)n(-c3c(Cl)cccc3Cl)c3c4c(c(Cl)cc23)-c2c(ccc(F)c2F)CO4)[C@@H](C)C1. The molecule has 1 amide bonds. The molecule has 3 aromatic carbocycles. The zero-order chi connectivity index (χ0) is 29.2. The predicted molar refractivity (Wildman–Crippen MR) is 156 cm³/mol. The first-order valence-electron chi connectivity index (χ1n) is 12.6. The summed E-state index contributed by atoms with van der Waals surface area (Å²) in [5.74, 6) is -1.97. The molecular weight excluding hydrogens is 597 g/mol. The highest BCUT2D eigenvalue weighted by atomic mass is 35.5. The fraction of sp³-hybridized carbons (Fsp3) is 0.207. The number of hydrogen-bond acceptors (Lipinski definition) is 5. The van der Waals surface area contributed by atoms with Crippen molar-refractivity contribution in [3.05, 3.63) is 91.8 Å². The molecule has 1 atom stereocenters. The Balaban J connectivity index is 1.69. The van der Waals surface area contributed by atoms with Gasteiger partial charge in [0.15, 0.2) is 17.4 Å². The largest absolute Gasteiger partial charge is 0.486 e. The van der Waals surface area contributed by atoms with Crippen LogP contribution in [0.4, 0.5) is 14.6 Å². The molecule has 0 aliphatic carbocycles. The van der Waals surface area contributed by atoms with Gasteiger partial charge in [-0.2, -0.15) is 4.98 Å². The van der Waals surface area contributed by atoms with Crippen molar-refractivity contribution in [3.8, 4) is 22.6 Å². The zero-order valence-electron chi connectivity index (χ0n) is 21.6. The monoisotopic (exact) mass is 616 g/mol. The van der Waals surface area contributed by atoms with E-state index in [1.54, 1.807) is 29.2 Å². The van der Waals surface area contributed by atoms with Gasteiger partial charge in [-0.3, -0.25) is 9.36 Å². The van der Waals surface area contributed by atoms with Crippen molar-refractivity contribution in [3.63, 3.8) is 0 Å². The molecule has 12 heteroatoms. The molecule has 3 heterocycles. The lowest BCUT2D eigenvalue weighted by atomic mass is 9.94. The summed E-state index contributed by atoms with van der Waals surface area (Å²) in [5, 5.41) is 0.805. The van der Waals surface area contributed by atoms with Crippen LogP contribution < -0.4 is 15.3 Å². The number of ether oxygens (including phenoxy) is 1. The molecule has 210 valence electrons. The molecule has 0 bridgehead atoms. The number of rotatable bonds is 3. The Kier molecular flexibility index (Phi) is 6.92. The quantitative estimate of drug-likeness (QED) is 0.249. The number of halogens is 5. The summed E-state index contributed by atoms with van der Waals surface area (Å²) >= 11 is 19.9. The lowest BCUT2D eigenvalue weighted by Crippen LogP contribution is -2.54. The first-order chi connectivity index (χ1) is 19.6. The maximum Gasteiger partial charge on any atom is 0.354 e. The highest BCUT2D eigenvalue weighted by molar-refractivity contribution is 6.38. The molecule has 1 aromatic heterocycles. The average molecular weight is 618 g/mol. The molecule has 7 nitrogen and oxygen atoms in total. The van der Waals surface area contributed by atoms with Crippen molar-refractivity contribution in [1.29, 1.82) is 0 Å². The molecule has 1 saturated heterocycles. The molecule has 41 heavy (non-hydrogen) atoms. The van der Waals surface area contributed by atoms with Crippen LogP contribution in [0.15, 0.2) is 53.8 Å². The number of nitrogens with zero attached hydrogens (tertiary/aromatic N) is 4. The molecule has 0 unspecified atom stereocenters. The Labute approximate surface area is 248 Å². The fourth-order valence-electron chi connectivity index (χ4n) is 5.54. The van der Waals surface area contributed by atoms with Gasteiger partial charge in [0.25, 0.3) is 0 Å². The van der Waals surface area contributed by atoms with E-state index in [1.165, 1.54) is 16.7 Å². The molecule has 6 rings (SSSR count). The van der Waals surface area contributed by atoms with E-state index in [0.29, 0.717) is 36.4 Å². The van der Waals surface area contributed by atoms with E-state index >= 15 is 4.39 Å². The van der Waals surface area contributed by atoms with Crippen molar-refractivity contribution in [2.45, 2.75) is 19.6 Å². The number of aromatic nitrogens is 2. The number of anilines is 1. The van der Waals surface area contributed by atoms with Crippen LogP contribution in [0.25, 0.3) is 27.7 Å². The third-order valence-electron chi connectivity index (χ3n) is 7.41. The minimum absolute atomic E-state index is 0.0503. The number of carbonyl (C=O) groups is 1. The van der Waals surface area contributed by atoms with Gasteiger partial charge in [-0.15, -0.1) is 0 Å². The van der Waals surface area contributed by atoms with Gasteiger partial charge in [-0.05, 0) is 37.3 Å².